The van der Waals surface area contributed by atoms with Crippen LogP contribution in [0.3, 0.4) is 0 Å². The minimum absolute atomic E-state index is 0.215. The molecule has 6 rings (SSSR count). The van der Waals surface area contributed by atoms with Crippen LogP contribution in [0.4, 0.5) is 4.39 Å². The molecule has 0 fully saturated rings. The fraction of sp³-hybridized carbons (Fsp3) is 0.0938. The maximum atomic E-state index is 13.6. The van der Waals surface area contributed by atoms with E-state index in [4.69, 9.17) is 9.40 Å². The van der Waals surface area contributed by atoms with Crippen molar-refractivity contribution >= 4 is 32.0 Å². The van der Waals surface area contributed by atoms with Crippen molar-refractivity contribution in [2.45, 2.75) is 16.7 Å². The highest BCUT2D eigenvalue weighted by atomic mass is 32.3. The highest BCUT2D eigenvalue weighted by Gasteiger charge is 2.22. The van der Waals surface area contributed by atoms with E-state index in [1.54, 1.807) is 12.1 Å². The Labute approximate surface area is 211 Å². The predicted molar refractivity (Wildman–Crippen MR) is 149 cm³/mol. The number of furan rings is 1. The fourth-order valence-electron chi connectivity index (χ4n) is 4.91. The molecule has 0 spiro atoms. The van der Waals surface area contributed by atoms with Crippen molar-refractivity contribution in [3.8, 4) is 22.4 Å². The van der Waals surface area contributed by atoms with Gasteiger partial charge in [-0.15, -0.1) is 0 Å². The zero-order chi connectivity index (χ0) is 24.9. The number of aromatic nitrogens is 1. The summed E-state index contributed by atoms with van der Waals surface area (Å²) in [6, 6.07) is 32.1. The predicted octanol–water partition coefficient (Wildman–Crippen LogP) is 9.24. The Hall–Kier alpha value is -3.89. The Morgan fingerprint density at radius 1 is 0.750 bits per heavy atom. The molecule has 0 saturated heterocycles. The Morgan fingerprint density at radius 2 is 1.53 bits per heavy atom. The maximum Gasteiger partial charge on any atom is 0.144 e. The lowest BCUT2D eigenvalue weighted by atomic mass is 10.0. The van der Waals surface area contributed by atoms with E-state index < -0.39 is 10.0 Å². The van der Waals surface area contributed by atoms with Gasteiger partial charge in [0.25, 0.3) is 0 Å². The van der Waals surface area contributed by atoms with E-state index >= 15 is 0 Å². The SMILES string of the molecule is Cc1cnc(-c2cccc3c2oc2cc(-c4ccccc4)ccc23)cc1S(C)(C)c1ccc(F)cc1. The van der Waals surface area contributed by atoms with E-state index in [0.29, 0.717) is 0 Å². The lowest BCUT2D eigenvalue weighted by Crippen LogP contribution is -2.02. The molecule has 0 amide bonds. The third kappa shape index (κ3) is 3.78. The van der Waals surface area contributed by atoms with Crippen LogP contribution in [0.2, 0.25) is 0 Å². The summed E-state index contributed by atoms with van der Waals surface area (Å²) < 4.78 is 20.1. The first-order valence-electron chi connectivity index (χ1n) is 11.9. The third-order valence-corrected chi connectivity index (χ3v) is 9.88. The van der Waals surface area contributed by atoms with Gasteiger partial charge in [-0.1, -0.05) is 48.5 Å². The normalized spacial score (nSPS) is 12.3. The third-order valence-electron chi connectivity index (χ3n) is 6.89. The molecule has 0 radical (unpaired) electrons. The van der Waals surface area contributed by atoms with Crippen LogP contribution in [0, 0.1) is 12.7 Å². The minimum Gasteiger partial charge on any atom is -0.455 e. The monoisotopic (exact) mass is 491 g/mol. The summed E-state index contributed by atoms with van der Waals surface area (Å²) in [6.45, 7) is 2.09. The van der Waals surface area contributed by atoms with E-state index in [2.05, 4.69) is 74.0 Å². The van der Waals surface area contributed by atoms with Crippen molar-refractivity contribution < 1.29 is 8.81 Å². The number of hydrogen-bond donors (Lipinski definition) is 0. The van der Waals surface area contributed by atoms with Gasteiger partial charge in [-0.25, -0.2) is 4.39 Å². The molecule has 2 nitrogen and oxygen atoms in total. The van der Waals surface area contributed by atoms with Gasteiger partial charge in [0.2, 0.25) is 0 Å². The number of aryl methyl sites for hydroxylation is 1. The topological polar surface area (TPSA) is 26.0 Å². The second kappa shape index (κ2) is 8.65. The number of nitrogens with zero attached hydrogens (tertiary/aromatic N) is 1. The van der Waals surface area contributed by atoms with E-state index in [0.717, 1.165) is 54.8 Å². The number of benzene rings is 4. The van der Waals surface area contributed by atoms with E-state index in [9.17, 15) is 4.39 Å². The van der Waals surface area contributed by atoms with Crippen molar-refractivity contribution in [3.05, 3.63) is 115 Å². The summed E-state index contributed by atoms with van der Waals surface area (Å²) in [4.78, 5) is 7.18. The Kier molecular flexibility index (Phi) is 5.42. The first kappa shape index (κ1) is 22.6. The second-order valence-corrected chi connectivity index (χ2v) is 13.0. The van der Waals surface area contributed by atoms with Crippen LogP contribution < -0.4 is 0 Å². The van der Waals surface area contributed by atoms with Gasteiger partial charge in [-0.2, -0.15) is 10.0 Å². The fourth-order valence-corrected chi connectivity index (χ4v) is 7.25. The van der Waals surface area contributed by atoms with Crippen molar-refractivity contribution in [2.75, 3.05) is 12.5 Å². The smallest absolute Gasteiger partial charge is 0.144 e. The largest absolute Gasteiger partial charge is 0.455 e. The molecular weight excluding hydrogens is 465 g/mol. The van der Waals surface area contributed by atoms with Gasteiger partial charge in [0.05, 0.1) is 5.69 Å². The summed E-state index contributed by atoms with van der Waals surface area (Å²) >= 11 is 0. The molecule has 0 unspecified atom stereocenters. The first-order valence-corrected chi connectivity index (χ1v) is 14.3. The first-order chi connectivity index (χ1) is 17.4. The van der Waals surface area contributed by atoms with Gasteiger partial charge in [0, 0.05) is 27.4 Å². The molecule has 0 saturated carbocycles. The Balaban J connectivity index is 1.49. The molecular formula is C32H26FNOS. The molecule has 178 valence electrons. The van der Waals surface area contributed by atoms with Crippen LogP contribution in [0.25, 0.3) is 44.3 Å². The molecule has 0 atom stereocenters. The van der Waals surface area contributed by atoms with Gasteiger partial charge in [0.1, 0.15) is 17.0 Å². The summed E-state index contributed by atoms with van der Waals surface area (Å²) in [7, 11) is -1.37. The van der Waals surface area contributed by atoms with Gasteiger partial charge < -0.3 is 4.42 Å². The van der Waals surface area contributed by atoms with Crippen LogP contribution >= 0.6 is 10.0 Å². The van der Waals surface area contributed by atoms with Crippen LogP contribution in [-0.4, -0.2) is 17.5 Å². The summed E-state index contributed by atoms with van der Waals surface area (Å²) in [5.74, 6) is -0.215. The Morgan fingerprint density at radius 3 is 2.31 bits per heavy atom. The lowest BCUT2D eigenvalue weighted by molar-refractivity contribution is 0.626. The number of para-hydroxylation sites is 1. The maximum absolute atomic E-state index is 13.6. The quantitative estimate of drug-likeness (QED) is 0.246. The average Bonchev–Trinajstić information content (AvgIpc) is 3.28. The second-order valence-electron chi connectivity index (χ2n) is 9.48. The van der Waals surface area contributed by atoms with Crippen molar-refractivity contribution in [1.29, 1.82) is 0 Å². The summed E-state index contributed by atoms with van der Waals surface area (Å²) in [5, 5.41) is 2.17. The summed E-state index contributed by atoms with van der Waals surface area (Å²) in [5.41, 5.74) is 6.98. The summed E-state index contributed by atoms with van der Waals surface area (Å²) in [6.07, 6.45) is 6.44. The number of hydrogen-bond acceptors (Lipinski definition) is 2. The van der Waals surface area contributed by atoms with Crippen molar-refractivity contribution in [1.82, 2.24) is 4.98 Å². The minimum atomic E-state index is -1.37. The van der Waals surface area contributed by atoms with Crippen LogP contribution in [0.15, 0.2) is 117 Å². The lowest BCUT2D eigenvalue weighted by Gasteiger charge is -2.34. The Bertz CT molecular complexity index is 1720. The number of halogens is 1. The average molecular weight is 492 g/mol. The molecule has 2 aromatic heterocycles. The van der Waals surface area contributed by atoms with E-state index in [1.165, 1.54) is 4.90 Å². The van der Waals surface area contributed by atoms with Crippen LogP contribution in [-0.2, 0) is 0 Å². The van der Waals surface area contributed by atoms with Crippen LogP contribution in [0.5, 0.6) is 0 Å². The number of pyridine rings is 1. The molecule has 0 aliphatic heterocycles. The number of fused-ring (bicyclic) bond motifs is 3. The highest BCUT2D eigenvalue weighted by Crippen LogP contribution is 2.58. The van der Waals surface area contributed by atoms with Crippen LogP contribution in [0.1, 0.15) is 5.56 Å². The van der Waals surface area contributed by atoms with Gasteiger partial charge in [-0.05, 0) is 89.6 Å². The molecule has 4 heteroatoms. The number of rotatable bonds is 4. The molecule has 0 N–H and O–H groups in total. The standard InChI is InChI=1S/C32H26FNOS/c1-21-20-34-29(19-31(21)36(2,3)25-15-13-24(33)14-16-25)28-11-7-10-27-26-17-12-23(18-30(26)35-32(27)28)22-8-5-4-6-9-22/h4-20H,1-3H3. The zero-order valence-corrected chi connectivity index (χ0v) is 21.3. The highest BCUT2D eigenvalue weighted by molar-refractivity contribution is 8.32. The molecule has 6 aromatic rings. The molecule has 36 heavy (non-hydrogen) atoms. The van der Waals surface area contributed by atoms with Gasteiger partial charge in [-0.3, -0.25) is 4.98 Å². The van der Waals surface area contributed by atoms with Gasteiger partial charge in [0.15, 0.2) is 0 Å². The molecule has 4 aromatic carbocycles. The zero-order valence-electron chi connectivity index (χ0n) is 20.5. The van der Waals surface area contributed by atoms with Crippen molar-refractivity contribution in [2.24, 2.45) is 0 Å². The molecule has 0 aliphatic carbocycles. The van der Waals surface area contributed by atoms with Gasteiger partial charge >= 0.3 is 0 Å². The van der Waals surface area contributed by atoms with Crippen molar-refractivity contribution in [3.63, 3.8) is 0 Å². The van der Waals surface area contributed by atoms with E-state index in [1.807, 2.05) is 36.5 Å². The molecule has 0 bridgehead atoms. The van der Waals surface area contributed by atoms with E-state index in [-0.39, 0.29) is 5.82 Å². The molecule has 0 aliphatic rings. The molecule has 2 heterocycles.